The zero-order valence-corrected chi connectivity index (χ0v) is 13.6. The van der Waals surface area contributed by atoms with Crippen molar-refractivity contribution in [1.82, 2.24) is 25.1 Å². The maximum Gasteiger partial charge on any atom is 0.155 e. The predicted octanol–water partition coefficient (Wildman–Crippen LogP) is 1.15. The van der Waals surface area contributed by atoms with Gasteiger partial charge in [0.2, 0.25) is 0 Å². The van der Waals surface area contributed by atoms with Crippen LogP contribution in [0.4, 0.5) is 0 Å². The molecule has 0 spiro atoms. The Labute approximate surface area is 139 Å². The van der Waals surface area contributed by atoms with Gasteiger partial charge in [-0.2, -0.15) is 5.10 Å². The van der Waals surface area contributed by atoms with Gasteiger partial charge in [0.25, 0.3) is 0 Å². The lowest BCUT2D eigenvalue weighted by Gasteiger charge is -2.05. The average molecular weight is 329 g/mol. The van der Waals surface area contributed by atoms with Crippen LogP contribution in [-0.4, -0.2) is 43.9 Å². The zero-order valence-electron chi connectivity index (χ0n) is 13.6. The van der Waals surface area contributed by atoms with Crippen LogP contribution in [0.3, 0.4) is 0 Å². The molecule has 0 aliphatic carbocycles. The molecule has 0 bridgehead atoms. The highest BCUT2D eigenvalue weighted by atomic mass is 16.6. The highest BCUT2D eigenvalue weighted by Gasteiger charge is 2.15. The molecule has 3 rings (SSSR count). The molecule has 0 radical (unpaired) electrons. The molecular formula is C16H19N5O3. The average Bonchev–Trinajstić information content (AvgIpc) is 3.15. The van der Waals surface area contributed by atoms with Gasteiger partial charge in [0.1, 0.15) is 23.0 Å². The van der Waals surface area contributed by atoms with Crippen LogP contribution in [0.2, 0.25) is 0 Å². The predicted molar refractivity (Wildman–Crippen MR) is 84.7 cm³/mol. The number of ether oxygens (including phenoxy) is 1. The molecule has 0 atom stereocenters. The fourth-order valence-corrected chi connectivity index (χ4v) is 2.48. The third-order valence-electron chi connectivity index (χ3n) is 3.72. The Morgan fingerprint density at radius 3 is 2.75 bits per heavy atom. The highest BCUT2D eigenvalue weighted by molar-refractivity contribution is 5.35. The first-order valence-electron chi connectivity index (χ1n) is 7.64. The van der Waals surface area contributed by atoms with Crippen LogP contribution in [0.15, 0.2) is 28.9 Å². The molecule has 126 valence electrons. The lowest BCUT2D eigenvalue weighted by atomic mass is 10.1. The molecular weight excluding hydrogens is 310 g/mol. The minimum Gasteiger partial charge on any atom is -0.496 e. The summed E-state index contributed by atoms with van der Waals surface area (Å²) < 4.78 is 11.8. The second kappa shape index (κ2) is 7.22. The number of aryl methyl sites for hydroxylation is 1. The number of hydrogen-bond acceptors (Lipinski definition) is 7. The third kappa shape index (κ3) is 3.43. The molecule has 8 nitrogen and oxygen atoms in total. The van der Waals surface area contributed by atoms with E-state index in [9.17, 15) is 5.11 Å². The van der Waals surface area contributed by atoms with Crippen molar-refractivity contribution >= 4 is 0 Å². The standard InChI is InChI=1S/C16H19N5O3/c1-11-13(20-24-19-11)10-16-17-15(18-21(16)7-8-22)9-12-5-3-4-6-14(12)23-2/h3-6,22H,7-10H2,1-2H3. The van der Waals surface area contributed by atoms with Crippen LogP contribution in [-0.2, 0) is 19.4 Å². The summed E-state index contributed by atoms with van der Waals surface area (Å²) >= 11 is 0. The molecule has 0 fully saturated rings. The number of benzene rings is 1. The topological polar surface area (TPSA) is 99.1 Å². The second-order valence-corrected chi connectivity index (χ2v) is 5.35. The van der Waals surface area contributed by atoms with Gasteiger partial charge in [0, 0.05) is 12.0 Å². The van der Waals surface area contributed by atoms with E-state index in [0.717, 1.165) is 17.0 Å². The first-order valence-corrected chi connectivity index (χ1v) is 7.64. The number of para-hydroxylation sites is 1. The van der Waals surface area contributed by atoms with E-state index < -0.39 is 0 Å². The zero-order chi connectivity index (χ0) is 16.9. The summed E-state index contributed by atoms with van der Waals surface area (Å²) in [6.45, 7) is 2.19. The number of aliphatic hydroxyl groups excluding tert-OH is 1. The van der Waals surface area contributed by atoms with Crippen LogP contribution in [0.1, 0.15) is 28.6 Å². The van der Waals surface area contributed by atoms with E-state index in [4.69, 9.17) is 9.37 Å². The van der Waals surface area contributed by atoms with E-state index in [2.05, 4.69) is 20.4 Å². The van der Waals surface area contributed by atoms with E-state index in [1.807, 2.05) is 31.2 Å². The SMILES string of the molecule is COc1ccccc1Cc1nc(Cc2nonc2C)n(CCO)n1. The van der Waals surface area contributed by atoms with Crippen molar-refractivity contribution in [3.63, 3.8) is 0 Å². The Morgan fingerprint density at radius 2 is 2.04 bits per heavy atom. The molecule has 1 N–H and O–H groups in total. The van der Waals surface area contributed by atoms with Crippen LogP contribution < -0.4 is 4.74 Å². The fraction of sp³-hybridized carbons (Fsp3) is 0.375. The van der Waals surface area contributed by atoms with Crippen LogP contribution in [0, 0.1) is 6.92 Å². The lowest BCUT2D eigenvalue weighted by molar-refractivity contribution is 0.266. The van der Waals surface area contributed by atoms with Crippen molar-refractivity contribution in [3.05, 3.63) is 52.9 Å². The maximum atomic E-state index is 9.25. The van der Waals surface area contributed by atoms with Gasteiger partial charge in [-0.3, -0.25) is 0 Å². The van der Waals surface area contributed by atoms with Gasteiger partial charge in [-0.05, 0) is 13.0 Å². The van der Waals surface area contributed by atoms with Crippen LogP contribution in [0.25, 0.3) is 0 Å². The fourth-order valence-electron chi connectivity index (χ4n) is 2.48. The lowest BCUT2D eigenvalue weighted by Crippen LogP contribution is -2.09. The minimum atomic E-state index is -0.0134. The quantitative estimate of drug-likeness (QED) is 0.694. The van der Waals surface area contributed by atoms with Gasteiger partial charge in [-0.25, -0.2) is 14.3 Å². The van der Waals surface area contributed by atoms with Gasteiger partial charge in [0.15, 0.2) is 5.82 Å². The summed E-state index contributed by atoms with van der Waals surface area (Å²) in [6.07, 6.45) is 1.000. The van der Waals surface area contributed by atoms with Gasteiger partial charge in [-0.1, -0.05) is 28.5 Å². The Balaban J connectivity index is 1.86. The van der Waals surface area contributed by atoms with Crippen LogP contribution >= 0.6 is 0 Å². The van der Waals surface area contributed by atoms with E-state index >= 15 is 0 Å². The minimum absolute atomic E-state index is 0.0134. The highest BCUT2D eigenvalue weighted by Crippen LogP contribution is 2.20. The molecule has 2 heterocycles. The maximum absolute atomic E-state index is 9.25. The van der Waals surface area contributed by atoms with Crippen molar-refractivity contribution in [2.75, 3.05) is 13.7 Å². The molecule has 3 aromatic rings. The summed E-state index contributed by atoms with van der Waals surface area (Å²) in [4.78, 5) is 4.59. The molecule has 8 heteroatoms. The monoisotopic (exact) mass is 329 g/mol. The molecule has 0 unspecified atom stereocenters. The molecule has 0 aliphatic heterocycles. The Kier molecular flexibility index (Phi) is 4.85. The van der Waals surface area contributed by atoms with E-state index in [0.29, 0.717) is 36.7 Å². The third-order valence-corrected chi connectivity index (χ3v) is 3.72. The van der Waals surface area contributed by atoms with Gasteiger partial charge in [0.05, 0.1) is 26.7 Å². The van der Waals surface area contributed by atoms with E-state index in [1.165, 1.54) is 0 Å². The molecule has 2 aromatic heterocycles. The molecule has 1 aromatic carbocycles. The molecule has 0 amide bonds. The van der Waals surface area contributed by atoms with E-state index in [-0.39, 0.29) is 6.61 Å². The number of aromatic nitrogens is 5. The first kappa shape index (κ1) is 16.1. The van der Waals surface area contributed by atoms with Crippen molar-refractivity contribution < 1.29 is 14.5 Å². The number of aliphatic hydroxyl groups is 1. The smallest absolute Gasteiger partial charge is 0.155 e. The summed E-state index contributed by atoms with van der Waals surface area (Å²) in [7, 11) is 1.64. The normalized spacial score (nSPS) is 11.0. The summed E-state index contributed by atoms with van der Waals surface area (Å²) in [6, 6.07) is 7.77. The van der Waals surface area contributed by atoms with Crippen molar-refractivity contribution in [2.45, 2.75) is 26.3 Å². The second-order valence-electron chi connectivity index (χ2n) is 5.35. The van der Waals surface area contributed by atoms with Gasteiger partial charge in [-0.15, -0.1) is 0 Å². The number of hydrogen-bond donors (Lipinski definition) is 1. The largest absolute Gasteiger partial charge is 0.496 e. The summed E-state index contributed by atoms with van der Waals surface area (Å²) in [5.41, 5.74) is 2.44. The van der Waals surface area contributed by atoms with Gasteiger partial charge < -0.3 is 9.84 Å². The molecule has 0 saturated heterocycles. The number of methoxy groups -OCH3 is 1. The Hall–Kier alpha value is -2.74. The molecule has 0 saturated carbocycles. The molecule has 24 heavy (non-hydrogen) atoms. The Morgan fingerprint density at radius 1 is 1.21 bits per heavy atom. The van der Waals surface area contributed by atoms with E-state index in [1.54, 1.807) is 11.8 Å². The van der Waals surface area contributed by atoms with Gasteiger partial charge >= 0.3 is 0 Å². The van der Waals surface area contributed by atoms with Crippen molar-refractivity contribution in [1.29, 1.82) is 0 Å². The number of rotatable bonds is 7. The van der Waals surface area contributed by atoms with Crippen LogP contribution in [0.5, 0.6) is 5.75 Å². The Bertz CT molecular complexity index is 812. The van der Waals surface area contributed by atoms with Crippen molar-refractivity contribution in [2.24, 2.45) is 0 Å². The summed E-state index contributed by atoms with van der Waals surface area (Å²) in [5, 5.41) is 21.4. The van der Waals surface area contributed by atoms with Crippen molar-refractivity contribution in [3.8, 4) is 5.75 Å². The number of nitrogens with zero attached hydrogens (tertiary/aromatic N) is 5. The molecule has 0 aliphatic rings. The first-order chi connectivity index (χ1) is 11.7. The summed E-state index contributed by atoms with van der Waals surface area (Å²) in [5.74, 6) is 2.18.